The molecule has 1 aromatic carbocycles. The average Bonchev–Trinajstić information content (AvgIpc) is 2.77. The Hall–Kier alpha value is -2.37. The molecule has 0 fully saturated rings. The van der Waals surface area contributed by atoms with Gasteiger partial charge in [0.25, 0.3) is 0 Å². The summed E-state index contributed by atoms with van der Waals surface area (Å²) in [7, 11) is 3.40. The van der Waals surface area contributed by atoms with Gasteiger partial charge in [0, 0.05) is 18.2 Å². The van der Waals surface area contributed by atoms with Crippen LogP contribution in [0.5, 0.6) is 17.2 Å². The van der Waals surface area contributed by atoms with Crippen molar-refractivity contribution in [1.29, 1.82) is 0 Å². The number of fused-ring (bicyclic) bond motifs is 1. The van der Waals surface area contributed by atoms with Gasteiger partial charge < -0.3 is 19.9 Å². The molecule has 0 atom stereocenters. The van der Waals surface area contributed by atoms with Crippen LogP contribution in [0.25, 0.3) is 11.1 Å². The summed E-state index contributed by atoms with van der Waals surface area (Å²) in [6.07, 6.45) is 1.71. The second-order valence-corrected chi connectivity index (χ2v) is 4.24. The van der Waals surface area contributed by atoms with Crippen molar-refractivity contribution in [3.8, 4) is 28.4 Å². The van der Waals surface area contributed by atoms with Crippen LogP contribution in [-0.2, 0) is 7.05 Å². The predicted octanol–water partition coefficient (Wildman–Crippen LogP) is 1.45. The van der Waals surface area contributed by atoms with Gasteiger partial charge in [-0.1, -0.05) is 0 Å². The number of hydrogen-bond donors (Lipinski definition) is 1. The van der Waals surface area contributed by atoms with Crippen molar-refractivity contribution >= 4 is 5.82 Å². The largest absolute Gasteiger partial charge is 0.492 e. The number of methoxy groups -OCH3 is 1. The first-order valence-corrected chi connectivity index (χ1v) is 5.97. The van der Waals surface area contributed by atoms with E-state index >= 15 is 0 Å². The summed E-state index contributed by atoms with van der Waals surface area (Å²) in [5, 5.41) is 4.14. The zero-order valence-corrected chi connectivity index (χ0v) is 10.8. The third-order valence-corrected chi connectivity index (χ3v) is 3.14. The summed E-state index contributed by atoms with van der Waals surface area (Å²) < 4.78 is 18.3. The highest BCUT2D eigenvalue weighted by molar-refractivity contribution is 5.82. The van der Waals surface area contributed by atoms with E-state index in [1.807, 2.05) is 12.1 Å². The van der Waals surface area contributed by atoms with Crippen LogP contribution in [0.15, 0.2) is 18.3 Å². The Morgan fingerprint density at radius 2 is 2.05 bits per heavy atom. The zero-order chi connectivity index (χ0) is 13.4. The molecule has 6 heteroatoms. The Morgan fingerprint density at radius 3 is 2.74 bits per heavy atom. The van der Waals surface area contributed by atoms with Gasteiger partial charge in [-0.3, -0.25) is 4.68 Å². The van der Waals surface area contributed by atoms with E-state index in [0.717, 1.165) is 11.1 Å². The van der Waals surface area contributed by atoms with Crippen molar-refractivity contribution < 1.29 is 14.2 Å². The molecular formula is C13H15N3O3. The first-order chi connectivity index (χ1) is 9.22. The van der Waals surface area contributed by atoms with Crippen molar-refractivity contribution in [3.05, 3.63) is 18.3 Å². The number of aromatic nitrogens is 2. The standard InChI is InChI=1S/C13H15N3O3/c1-16-13(14)9(7-15-16)8-3-4-10-12(11(8)17-2)19-6-5-18-10/h3-4,7H,5-6,14H2,1-2H3. The molecule has 2 aromatic rings. The molecular weight excluding hydrogens is 246 g/mol. The van der Waals surface area contributed by atoms with E-state index in [9.17, 15) is 0 Å². The molecule has 0 aliphatic carbocycles. The topological polar surface area (TPSA) is 71.5 Å². The molecule has 0 unspecified atom stereocenters. The molecule has 0 saturated carbocycles. The van der Waals surface area contributed by atoms with Crippen molar-refractivity contribution in [1.82, 2.24) is 9.78 Å². The number of benzene rings is 1. The van der Waals surface area contributed by atoms with Crippen LogP contribution in [0.3, 0.4) is 0 Å². The lowest BCUT2D eigenvalue weighted by atomic mass is 10.1. The fraction of sp³-hybridized carbons (Fsp3) is 0.308. The number of nitrogens with two attached hydrogens (primary N) is 1. The second kappa shape index (κ2) is 4.38. The molecule has 100 valence electrons. The lowest BCUT2D eigenvalue weighted by molar-refractivity contribution is 0.165. The normalized spacial score (nSPS) is 13.4. The Labute approximate surface area is 110 Å². The fourth-order valence-electron chi connectivity index (χ4n) is 2.16. The van der Waals surface area contributed by atoms with E-state index in [0.29, 0.717) is 36.3 Å². The van der Waals surface area contributed by atoms with Crippen LogP contribution >= 0.6 is 0 Å². The van der Waals surface area contributed by atoms with Crippen molar-refractivity contribution in [2.45, 2.75) is 0 Å². The molecule has 0 amide bonds. The van der Waals surface area contributed by atoms with Gasteiger partial charge in [-0.2, -0.15) is 5.10 Å². The first kappa shape index (κ1) is 11.7. The van der Waals surface area contributed by atoms with Crippen LogP contribution in [0.4, 0.5) is 5.82 Å². The lowest BCUT2D eigenvalue weighted by Gasteiger charge is -2.22. The molecule has 3 rings (SSSR count). The number of ether oxygens (including phenoxy) is 3. The van der Waals surface area contributed by atoms with Gasteiger partial charge in [-0.15, -0.1) is 0 Å². The van der Waals surface area contributed by atoms with Crippen LogP contribution in [0.2, 0.25) is 0 Å². The number of nitrogen functional groups attached to an aromatic ring is 1. The third-order valence-electron chi connectivity index (χ3n) is 3.14. The van der Waals surface area contributed by atoms with Crippen molar-refractivity contribution in [3.63, 3.8) is 0 Å². The molecule has 1 aliphatic rings. The van der Waals surface area contributed by atoms with E-state index in [-0.39, 0.29) is 0 Å². The summed E-state index contributed by atoms with van der Waals surface area (Å²) in [6.45, 7) is 1.06. The maximum absolute atomic E-state index is 6.01. The number of nitrogens with zero attached hydrogens (tertiary/aromatic N) is 2. The van der Waals surface area contributed by atoms with Gasteiger partial charge in [-0.25, -0.2) is 0 Å². The van der Waals surface area contributed by atoms with E-state index in [2.05, 4.69) is 5.10 Å². The smallest absolute Gasteiger partial charge is 0.204 e. The molecule has 0 bridgehead atoms. The first-order valence-electron chi connectivity index (χ1n) is 5.97. The van der Waals surface area contributed by atoms with E-state index in [4.69, 9.17) is 19.9 Å². The number of aryl methyl sites for hydroxylation is 1. The summed E-state index contributed by atoms with van der Waals surface area (Å²) in [4.78, 5) is 0. The quantitative estimate of drug-likeness (QED) is 0.885. The average molecular weight is 261 g/mol. The minimum atomic E-state index is 0.509. The Kier molecular flexibility index (Phi) is 2.70. The molecule has 1 aromatic heterocycles. The zero-order valence-electron chi connectivity index (χ0n) is 10.8. The molecule has 2 N–H and O–H groups in total. The maximum atomic E-state index is 6.01. The Bertz CT molecular complexity index is 622. The molecule has 1 aliphatic heterocycles. The van der Waals surface area contributed by atoms with Crippen LogP contribution in [0, 0.1) is 0 Å². The molecule has 0 radical (unpaired) electrons. The molecule has 0 saturated heterocycles. The molecule has 19 heavy (non-hydrogen) atoms. The highest BCUT2D eigenvalue weighted by Gasteiger charge is 2.22. The van der Waals surface area contributed by atoms with Crippen LogP contribution < -0.4 is 19.9 Å². The van der Waals surface area contributed by atoms with Crippen molar-refractivity contribution in [2.24, 2.45) is 7.05 Å². The van der Waals surface area contributed by atoms with Gasteiger partial charge in [-0.05, 0) is 12.1 Å². The van der Waals surface area contributed by atoms with E-state index in [1.165, 1.54) is 0 Å². The van der Waals surface area contributed by atoms with Gasteiger partial charge in [0.05, 0.1) is 13.3 Å². The summed E-state index contributed by atoms with van der Waals surface area (Å²) in [5.41, 5.74) is 7.67. The molecule has 0 spiro atoms. The number of anilines is 1. The monoisotopic (exact) mass is 261 g/mol. The molecule has 2 heterocycles. The fourth-order valence-corrected chi connectivity index (χ4v) is 2.16. The Morgan fingerprint density at radius 1 is 1.26 bits per heavy atom. The van der Waals surface area contributed by atoms with Gasteiger partial charge in [0.2, 0.25) is 5.75 Å². The maximum Gasteiger partial charge on any atom is 0.204 e. The van der Waals surface area contributed by atoms with E-state index < -0.39 is 0 Å². The van der Waals surface area contributed by atoms with Gasteiger partial charge in [0.1, 0.15) is 19.0 Å². The third kappa shape index (κ3) is 1.76. The van der Waals surface area contributed by atoms with Gasteiger partial charge >= 0.3 is 0 Å². The van der Waals surface area contributed by atoms with Crippen LogP contribution in [0.1, 0.15) is 0 Å². The SMILES string of the molecule is COc1c(-c2cnn(C)c2N)ccc2c1OCCO2. The number of rotatable bonds is 2. The summed E-state index contributed by atoms with van der Waals surface area (Å²) in [5.74, 6) is 2.51. The molecule has 6 nitrogen and oxygen atoms in total. The predicted molar refractivity (Wildman–Crippen MR) is 70.6 cm³/mol. The van der Waals surface area contributed by atoms with Gasteiger partial charge in [0.15, 0.2) is 11.5 Å². The summed E-state index contributed by atoms with van der Waals surface area (Å²) >= 11 is 0. The number of hydrogen-bond acceptors (Lipinski definition) is 5. The highest BCUT2D eigenvalue weighted by atomic mass is 16.6. The summed E-state index contributed by atoms with van der Waals surface area (Å²) in [6, 6.07) is 3.76. The Balaban J connectivity index is 2.19. The minimum Gasteiger partial charge on any atom is -0.492 e. The minimum absolute atomic E-state index is 0.509. The van der Waals surface area contributed by atoms with Crippen molar-refractivity contribution in [2.75, 3.05) is 26.1 Å². The second-order valence-electron chi connectivity index (χ2n) is 4.24. The lowest BCUT2D eigenvalue weighted by Crippen LogP contribution is -2.16. The van der Waals surface area contributed by atoms with E-state index in [1.54, 1.807) is 25.0 Å². The van der Waals surface area contributed by atoms with Crippen LogP contribution in [-0.4, -0.2) is 30.1 Å². The highest BCUT2D eigenvalue weighted by Crippen LogP contribution is 2.46.